The largest absolute Gasteiger partial charge is 0.355 e. The number of rotatable bonds is 2. The number of nitrogens with zero attached hydrogens (tertiary/aromatic N) is 1. The lowest BCUT2D eigenvalue weighted by molar-refractivity contribution is 0.441. The van der Waals surface area contributed by atoms with Crippen LogP contribution in [0, 0.1) is 6.92 Å². The fraction of sp³-hybridized carbons (Fsp3) is 0.133. The van der Waals surface area contributed by atoms with Crippen molar-refractivity contribution in [2.75, 3.05) is 0 Å². The summed E-state index contributed by atoms with van der Waals surface area (Å²) in [5, 5.41) is 5.13. The molecule has 1 aromatic heterocycles. The third-order valence-corrected chi connectivity index (χ3v) is 3.06. The predicted molar refractivity (Wildman–Crippen MR) is 72.1 cm³/mol. The first-order valence-electron chi connectivity index (χ1n) is 5.93. The fourth-order valence-electron chi connectivity index (χ4n) is 2.10. The first-order chi connectivity index (χ1) is 8.78. The molecule has 0 aliphatic rings. The topological polar surface area (TPSA) is 52.0 Å². The summed E-state index contributed by atoms with van der Waals surface area (Å²) >= 11 is 0. The van der Waals surface area contributed by atoms with E-state index in [1.165, 1.54) is 5.56 Å². The van der Waals surface area contributed by atoms with E-state index in [1.807, 2.05) is 36.4 Å². The summed E-state index contributed by atoms with van der Waals surface area (Å²) in [6.07, 6.45) is 0. The van der Waals surface area contributed by atoms with Crippen LogP contribution in [0.4, 0.5) is 0 Å². The van der Waals surface area contributed by atoms with E-state index < -0.39 is 0 Å². The molecule has 0 aliphatic heterocycles. The van der Waals surface area contributed by atoms with Crippen molar-refractivity contribution in [3.63, 3.8) is 0 Å². The van der Waals surface area contributed by atoms with Gasteiger partial charge in [-0.05, 0) is 30.7 Å². The van der Waals surface area contributed by atoms with Gasteiger partial charge in [-0.15, -0.1) is 0 Å². The summed E-state index contributed by atoms with van der Waals surface area (Å²) in [5.41, 5.74) is 9.85. The van der Waals surface area contributed by atoms with Gasteiger partial charge in [0.1, 0.15) is 5.52 Å². The molecule has 0 fully saturated rings. The van der Waals surface area contributed by atoms with Crippen molar-refractivity contribution in [2.45, 2.75) is 13.5 Å². The van der Waals surface area contributed by atoms with Gasteiger partial charge in [-0.3, -0.25) is 0 Å². The highest BCUT2D eigenvalue weighted by Crippen LogP contribution is 2.29. The highest BCUT2D eigenvalue weighted by Gasteiger charge is 2.10. The summed E-state index contributed by atoms with van der Waals surface area (Å²) in [4.78, 5) is 0. The maximum atomic E-state index is 5.66. The highest BCUT2D eigenvalue weighted by molar-refractivity contribution is 5.92. The zero-order valence-corrected chi connectivity index (χ0v) is 10.2. The van der Waals surface area contributed by atoms with Gasteiger partial charge in [0, 0.05) is 17.5 Å². The van der Waals surface area contributed by atoms with Crippen molar-refractivity contribution in [3.05, 3.63) is 53.6 Å². The number of nitrogens with two attached hydrogens (primary N) is 1. The number of aromatic nitrogens is 1. The van der Waals surface area contributed by atoms with E-state index in [1.54, 1.807) is 0 Å². The van der Waals surface area contributed by atoms with Crippen molar-refractivity contribution >= 4 is 10.9 Å². The molecule has 0 atom stereocenters. The van der Waals surface area contributed by atoms with E-state index in [-0.39, 0.29) is 0 Å². The number of hydrogen-bond acceptors (Lipinski definition) is 3. The molecule has 1 heterocycles. The second kappa shape index (κ2) is 4.27. The van der Waals surface area contributed by atoms with Gasteiger partial charge < -0.3 is 10.3 Å². The Morgan fingerprint density at radius 1 is 1.17 bits per heavy atom. The zero-order valence-electron chi connectivity index (χ0n) is 10.2. The number of hydrogen-bond donors (Lipinski definition) is 1. The molecule has 3 heteroatoms. The number of benzene rings is 2. The molecule has 0 unspecified atom stereocenters. The first kappa shape index (κ1) is 11.0. The van der Waals surface area contributed by atoms with Gasteiger partial charge in [0.15, 0.2) is 5.76 Å². The second-order valence-corrected chi connectivity index (χ2v) is 4.44. The Labute approximate surface area is 105 Å². The highest BCUT2D eigenvalue weighted by atomic mass is 16.5. The molecule has 0 amide bonds. The summed E-state index contributed by atoms with van der Waals surface area (Å²) < 4.78 is 5.46. The summed E-state index contributed by atoms with van der Waals surface area (Å²) in [7, 11) is 0. The number of fused-ring (bicyclic) bond motifs is 1. The predicted octanol–water partition coefficient (Wildman–Crippen LogP) is 3.26. The van der Waals surface area contributed by atoms with Crippen LogP contribution < -0.4 is 5.73 Å². The maximum Gasteiger partial charge on any atom is 0.174 e. The van der Waals surface area contributed by atoms with E-state index in [9.17, 15) is 0 Å². The average molecular weight is 238 g/mol. The molecule has 0 aliphatic carbocycles. The molecule has 3 nitrogen and oxygen atoms in total. The minimum Gasteiger partial charge on any atom is -0.355 e. The van der Waals surface area contributed by atoms with Crippen LogP contribution >= 0.6 is 0 Å². The van der Waals surface area contributed by atoms with E-state index in [4.69, 9.17) is 10.3 Å². The van der Waals surface area contributed by atoms with Gasteiger partial charge in [0.05, 0.1) is 0 Å². The molecular weight excluding hydrogens is 224 g/mol. The summed E-state index contributed by atoms with van der Waals surface area (Å²) in [5.74, 6) is 0.809. The van der Waals surface area contributed by atoms with Gasteiger partial charge in [0.2, 0.25) is 0 Å². The van der Waals surface area contributed by atoms with Crippen molar-refractivity contribution in [3.8, 4) is 11.3 Å². The third kappa shape index (κ3) is 1.79. The third-order valence-electron chi connectivity index (χ3n) is 3.06. The lowest BCUT2D eigenvalue weighted by Crippen LogP contribution is -1.95. The molecule has 3 aromatic rings. The van der Waals surface area contributed by atoms with Gasteiger partial charge in [-0.25, -0.2) is 0 Å². The molecule has 3 rings (SSSR count). The Bertz CT molecular complexity index is 701. The van der Waals surface area contributed by atoms with Crippen LogP contribution in [0.5, 0.6) is 0 Å². The van der Waals surface area contributed by atoms with Gasteiger partial charge in [-0.1, -0.05) is 35.0 Å². The molecular formula is C15H14N2O. The molecule has 2 N–H and O–H groups in total. The van der Waals surface area contributed by atoms with E-state index in [0.717, 1.165) is 27.8 Å². The summed E-state index contributed by atoms with van der Waals surface area (Å²) in [6.45, 7) is 2.59. The molecule has 0 saturated heterocycles. The SMILES string of the molecule is Cc1ccc2noc(-c3cccc(CN)c3)c2c1. The Morgan fingerprint density at radius 2 is 2.06 bits per heavy atom. The Hall–Kier alpha value is -2.13. The lowest BCUT2D eigenvalue weighted by Gasteiger charge is -2.00. The molecule has 90 valence electrons. The van der Waals surface area contributed by atoms with Crippen LogP contribution in [0.3, 0.4) is 0 Å². The van der Waals surface area contributed by atoms with Crippen molar-refractivity contribution in [1.82, 2.24) is 5.16 Å². The molecule has 2 aromatic carbocycles. The van der Waals surface area contributed by atoms with E-state index >= 15 is 0 Å². The average Bonchev–Trinajstić information content (AvgIpc) is 2.81. The second-order valence-electron chi connectivity index (χ2n) is 4.44. The smallest absolute Gasteiger partial charge is 0.174 e. The Kier molecular flexibility index (Phi) is 2.61. The van der Waals surface area contributed by atoms with E-state index in [0.29, 0.717) is 6.54 Å². The van der Waals surface area contributed by atoms with E-state index in [2.05, 4.69) is 18.1 Å². The molecule has 18 heavy (non-hydrogen) atoms. The fourth-order valence-corrected chi connectivity index (χ4v) is 2.10. The van der Waals surface area contributed by atoms with Crippen LogP contribution in [-0.4, -0.2) is 5.16 Å². The zero-order chi connectivity index (χ0) is 12.5. The maximum absolute atomic E-state index is 5.66. The van der Waals surface area contributed by atoms with Gasteiger partial charge in [-0.2, -0.15) is 0 Å². The van der Waals surface area contributed by atoms with Crippen LogP contribution in [0.2, 0.25) is 0 Å². The standard InChI is InChI=1S/C15H14N2O/c1-10-5-6-14-13(7-10)15(18-17-14)12-4-2-3-11(8-12)9-16/h2-8H,9,16H2,1H3. The first-order valence-corrected chi connectivity index (χ1v) is 5.93. The van der Waals surface area contributed by atoms with Crippen molar-refractivity contribution in [2.24, 2.45) is 5.73 Å². The van der Waals surface area contributed by atoms with Gasteiger partial charge >= 0.3 is 0 Å². The summed E-state index contributed by atoms with van der Waals surface area (Å²) in [6, 6.07) is 14.2. The molecule has 0 saturated carbocycles. The van der Waals surface area contributed by atoms with Crippen molar-refractivity contribution in [1.29, 1.82) is 0 Å². The van der Waals surface area contributed by atoms with Crippen LogP contribution in [-0.2, 0) is 6.54 Å². The lowest BCUT2D eigenvalue weighted by atomic mass is 10.0. The minimum atomic E-state index is 0.527. The van der Waals surface area contributed by atoms with Crippen LogP contribution in [0.15, 0.2) is 47.0 Å². The molecule has 0 radical (unpaired) electrons. The normalized spacial score (nSPS) is 11.0. The van der Waals surface area contributed by atoms with Crippen molar-refractivity contribution < 1.29 is 4.52 Å². The quantitative estimate of drug-likeness (QED) is 0.745. The molecule has 0 spiro atoms. The Morgan fingerprint density at radius 3 is 2.89 bits per heavy atom. The van der Waals surface area contributed by atoms with Gasteiger partial charge in [0.25, 0.3) is 0 Å². The van der Waals surface area contributed by atoms with Crippen LogP contribution in [0.1, 0.15) is 11.1 Å². The monoisotopic (exact) mass is 238 g/mol. The number of aryl methyl sites for hydroxylation is 1. The van der Waals surface area contributed by atoms with Crippen LogP contribution in [0.25, 0.3) is 22.2 Å². The molecule has 0 bridgehead atoms. The Balaban J connectivity index is 2.21. The minimum absolute atomic E-state index is 0.527.